The number of para-hydroxylation sites is 2. The lowest BCUT2D eigenvalue weighted by Gasteiger charge is -2.45. The zero-order valence-corrected chi connectivity index (χ0v) is 40.0. The van der Waals surface area contributed by atoms with Gasteiger partial charge in [0.25, 0.3) is 6.71 Å². The molecular formula is C64H54BN3. The first-order valence-electron chi connectivity index (χ1n) is 24.3. The van der Waals surface area contributed by atoms with Gasteiger partial charge < -0.3 is 14.7 Å². The summed E-state index contributed by atoms with van der Waals surface area (Å²) in [5, 5.41) is 0. The van der Waals surface area contributed by atoms with Crippen LogP contribution in [0, 0.1) is 0 Å². The van der Waals surface area contributed by atoms with E-state index in [-0.39, 0.29) is 23.0 Å². The summed E-state index contributed by atoms with van der Waals surface area (Å²) < 4.78 is 0. The molecule has 13 rings (SSSR count). The first-order chi connectivity index (χ1) is 32.9. The molecule has 328 valence electrons. The van der Waals surface area contributed by atoms with Crippen molar-refractivity contribution < 1.29 is 0 Å². The number of fused-ring (bicyclic) bond motifs is 10. The largest absolute Gasteiger partial charge is 0.311 e. The third-order valence-electron chi connectivity index (χ3n) is 15.8. The Labute approximate surface area is 402 Å². The summed E-state index contributed by atoms with van der Waals surface area (Å²) in [5.74, 6) is 0. The van der Waals surface area contributed by atoms with Crippen molar-refractivity contribution in [2.75, 3.05) is 14.7 Å². The standard InChI is InChI=1S/C64H54BN3/c1-62(2,3)41-29-31-44(32-30-41)67-57-27-18-28-58-61(57)65(55-36-34-46(38-59(55)67)66(42-19-10-8-11-20-42)43-21-12-9-13-22-43)56-39-50-48-24-15-17-26-52(48)64(6,7)54(50)40-60(56)68(58)45-33-35-49-47-23-14-16-25-51(47)63(4,5)53(49)37-45/h8-40H,1-7H3. The molecule has 0 atom stereocenters. The lowest BCUT2D eigenvalue weighted by molar-refractivity contribution is 0.590. The first kappa shape index (κ1) is 40.7. The molecule has 4 heteroatoms. The molecule has 0 unspecified atom stereocenters. The Bertz CT molecular complexity index is 3470. The van der Waals surface area contributed by atoms with Crippen molar-refractivity contribution in [3.8, 4) is 22.3 Å². The molecular weight excluding hydrogens is 822 g/mol. The summed E-state index contributed by atoms with van der Waals surface area (Å²) in [6, 6.07) is 75.6. The van der Waals surface area contributed by atoms with Crippen molar-refractivity contribution in [3.63, 3.8) is 0 Å². The van der Waals surface area contributed by atoms with E-state index in [2.05, 4.69) is 263 Å². The fraction of sp³-hybridized carbons (Fsp3) is 0.156. The number of benzene rings is 9. The summed E-state index contributed by atoms with van der Waals surface area (Å²) in [6.07, 6.45) is 0. The van der Waals surface area contributed by atoms with Crippen LogP contribution in [0.5, 0.6) is 0 Å². The van der Waals surface area contributed by atoms with Crippen LogP contribution in [0.2, 0.25) is 0 Å². The molecule has 0 amide bonds. The van der Waals surface area contributed by atoms with Gasteiger partial charge in [-0.25, -0.2) is 0 Å². The summed E-state index contributed by atoms with van der Waals surface area (Å²) in [7, 11) is 0. The fourth-order valence-corrected chi connectivity index (χ4v) is 12.4. The van der Waals surface area contributed by atoms with Crippen molar-refractivity contribution in [2.45, 2.75) is 64.7 Å². The molecule has 68 heavy (non-hydrogen) atoms. The molecule has 2 aliphatic carbocycles. The van der Waals surface area contributed by atoms with Crippen LogP contribution in [0.4, 0.5) is 51.2 Å². The molecule has 0 bridgehead atoms. The Morgan fingerprint density at radius 2 is 0.897 bits per heavy atom. The lowest BCUT2D eigenvalue weighted by atomic mass is 9.33. The van der Waals surface area contributed by atoms with Crippen molar-refractivity contribution in [2.24, 2.45) is 0 Å². The van der Waals surface area contributed by atoms with Gasteiger partial charge in [-0.1, -0.05) is 170 Å². The summed E-state index contributed by atoms with van der Waals surface area (Å²) in [6.45, 7) is 16.5. The number of hydrogen-bond donors (Lipinski definition) is 0. The molecule has 0 radical (unpaired) electrons. The van der Waals surface area contributed by atoms with Crippen molar-refractivity contribution >= 4 is 74.3 Å². The highest BCUT2D eigenvalue weighted by atomic mass is 15.2. The lowest BCUT2D eigenvalue weighted by Crippen LogP contribution is -2.61. The van der Waals surface area contributed by atoms with Gasteiger partial charge in [-0.3, -0.25) is 0 Å². The Hall–Kier alpha value is -7.56. The molecule has 0 saturated carbocycles. The Kier molecular flexibility index (Phi) is 8.66. The van der Waals surface area contributed by atoms with Crippen molar-refractivity contribution in [1.29, 1.82) is 0 Å². The van der Waals surface area contributed by atoms with Gasteiger partial charge in [0.1, 0.15) is 0 Å². The molecule has 2 aliphatic heterocycles. The SMILES string of the molecule is CC(C)(C)c1ccc(N2c3cc(N(c4ccccc4)c4ccccc4)ccc3B3c4cc5c(cc4N(c4ccc6c(c4)C(C)(C)c4ccccc4-6)c4cccc2c43)C(C)(C)c2ccccc2-5)cc1. The second-order valence-electron chi connectivity index (χ2n) is 21.4. The van der Waals surface area contributed by atoms with Gasteiger partial charge in [-0.05, 0) is 151 Å². The number of rotatable bonds is 5. The number of nitrogens with zero attached hydrogens (tertiary/aromatic N) is 3. The predicted octanol–water partition coefficient (Wildman–Crippen LogP) is 15.1. The fourth-order valence-electron chi connectivity index (χ4n) is 12.4. The smallest absolute Gasteiger partial charge is 0.252 e. The molecule has 0 fully saturated rings. The van der Waals surface area contributed by atoms with Crippen molar-refractivity contribution in [1.82, 2.24) is 0 Å². The minimum absolute atomic E-state index is 0.0256. The van der Waals surface area contributed by atoms with E-state index in [1.807, 2.05) is 0 Å². The maximum Gasteiger partial charge on any atom is 0.252 e. The zero-order chi connectivity index (χ0) is 46.3. The number of hydrogen-bond acceptors (Lipinski definition) is 3. The minimum atomic E-state index is -0.163. The van der Waals surface area contributed by atoms with Gasteiger partial charge in [-0.15, -0.1) is 0 Å². The van der Waals surface area contributed by atoms with Gasteiger partial charge >= 0.3 is 0 Å². The van der Waals surface area contributed by atoms with Crippen LogP contribution in [-0.2, 0) is 16.2 Å². The third-order valence-corrected chi connectivity index (χ3v) is 15.8. The van der Waals surface area contributed by atoms with Gasteiger partial charge in [0.2, 0.25) is 0 Å². The maximum absolute atomic E-state index is 2.61. The quantitative estimate of drug-likeness (QED) is 0.160. The topological polar surface area (TPSA) is 9.72 Å². The van der Waals surface area contributed by atoms with E-state index in [9.17, 15) is 0 Å². The monoisotopic (exact) mass is 875 g/mol. The van der Waals surface area contributed by atoms with Crippen LogP contribution >= 0.6 is 0 Å². The van der Waals surface area contributed by atoms with Crippen LogP contribution in [-0.4, -0.2) is 6.71 Å². The highest BCUT2D eigenvalue weighted by molar-refractivity contribution is 7.00. The average Bonchev–Trinajstić information content (AvgIpc) is 3.72. The van der Waals surface area contributed by atoms with Crippen LogP contribution < -0.4 is 31.1 Å². The van der Waals surface area contributed by atoms with E-state index in [0.29, 0.717) is 0 Å². The van der Waals surface area contributed by atoms with Gasteiger partial charge in [0.05, 0.1) is 0 Å². The Morgan fingerprint density at radius 3 is 1.51 bits per heavy atom. The van der Waals surface area contributed by atoms with Crippen LogP contribution in [0.1, 0.15) is 76.3 Å². The van der Waals surface area contributed by atoms with Gasteiger partial charge in [0.15, 0.2) is 0 Å². The normalized spacial score (nSPS) is 15.1. The molecule has 0 aromatic heterocycles. The predicted molar refractivity (Wildman–Crippen MR) is 289 cm³/mol. The zero-order valence-electron chi connectivity index (χ0n) is 40.0. The molecule has 0 saturated heterocycles. The van der Waals surface area contributed by atoms with Crippen LogP contribution in [0.15, 0.2) is 200 Å². The molecule has 2 heterocycles. The van der Waals surface area contributed by atoms with Crippen molar-refractivity contribution in [3.05, 3.63) is 228 Å². The van der Waals surface area contributed by atoms with E-state index in [1.54, 1.807) is 0 Å². The first-order valence-corrected chi connectivity index (χ1v) is 24.3. The van der Waals surface area contributed by atoms with E-state index >= 15 is 0 Å². The van der Waals surface area contributed by atoms with E-state index < -0.39 is 0 Å². The van der Waals surface area contributed by atoms with Gasteiger partial charge in [0, 0.05) is 62.0 Å². The molecule has 4 aliphatic rings. The number of anilines is 9. The molecule has 0 spiro atoms. The second-order valence-corrected chi connectivity index (χ2v) is 21.4. The molecule has 3 nitrogen and oxygen atoms in total. The summed E-state index contributed by atoms with van der Waals surface area (Å²) >= 11 is 0. The Morgan fingerprint density at radius 1 is 0.382 bits per heavy atom. The highest BCUT2D eigenvalue weighted by Gasteiger charge is 2.46. The van der Waals surface area contributed by atoms with E-state index in [0.717, 1.165) is 22.7 Å². The van der Waals surface area contributed by atoms with E-state index in [1.165, 1.54) is 94.9 Å². The molecule has 9 aromatic carbocycles. The summed E-state index contributed by atoms with van der Waals surface area (Å²) in [4.78, 5) is 7.55. The van der Waals surface area contributed by atoms with Crippen LogP contribution in [0.3, 0.4) is 0 Å². The van der Waals surface area contributed by atoms with E-state index in [4.69, 9.17) is 0 Å². The molecule has 9 aromatic rings. The highest BCUT2D eigenvalue weighted by Crippen LogP contribution is 2.54. The second kappa shape index (κ2) is 14.5. The summed E-state index contributed by atoms with van der Waals surface area (Å²) in [5.41, 5.74) is 26.5. The third kappa shape index (κ3) is 5.79. The minimum Gasteiger partial charge on any atom is -0.311 e. The average molecular weight is 876 g/mol. The maximum atomic E-state index is 2.61. The van der Waals surface area contributed by atoms with Gasteiger partial charge in [-0.2, -0.15) is 0 Å². The Balaban J connectivity index is 1.09. The molecule has 0 N–H and O–H groups in total. The van der Waals surface area contributed by atoms with Crippen LogP contribution in [0.25, 0.3) is 22.3 Å².